The van der Waals surface area contributed by atoms with Crippen LogP contribution < -0.4 is 10.1 Å². The van der Waals surface area contributed by atoms with Gasteiger partial charge in [0.1, 0.15) is 5.75 Å². The summed E-state index contributed by atoms with van der Waals surface area (Å²) in [7, 11) is 0. The highest BCUT2D eigenvalue weighted by Crippen LogP contribution is 2.28. The Morgan fingerprint density at radius 2 is 1.89 bits per heavy atom. The van der Waals surface area contributed by atoms with Gasteiger partial charge in [-0.1, -0.05) is 25.1 Å². The summed E-state index contributed by atoms with van der Waals surface area (Å²) in [6.45, 7) is 12.7. The lowest BCUT2D eigenvalue weighted by molar-refractivity contribution is 0.333. The van der Waals surface area contributed by atoms with Gasteiger partial charge in [0.05, 0.1) is 6.61 Å². The first-order valence-corrected chi connectivity index (χ1v) is 6.91. The SMILES string of the molecule is CCOc1ccccc1C(C)CCNC(C)(C)C. The molecule has 0 aliphatic carbocycles. The average Bonchev–Trinajstić information content (AvgIpc) is 2.28. The molecule has 2 nitrogen and oxygen atoms in total. The minimum Gasteiger partial charge on any atom is -0.494 e. The molecule has 0 bridgehead atoms. The van der Waals surface area contributed by atoms with Crippen LogP contribution in [0, 0.1) is 0 Å². The van der Waals surface area contributed by atoms with E-state index < -0.39 is 0 Å². The van der Waals surface area contributed by atoms with Gasteiger partial charge in [-0.3, -0.25) is 0 Å². The smallest absolute Gasteiger partial charge is 0.122 e. The van der Waals surface area contributed by atoms with Crippen molar-refractivity contribution in [1.29, 1.82) is 0 Å². The van der Waals surface area contributed by atoms with Gasteiger partial charge >= 0.3 is 0 Å². The third-order valence-corrected chi connectivity index (χ3v) is 2.98. The molecule has 0 radical (unpaired) electrons. The van der Waals surface area contributed by atoms with E-state index in [2.05, 4.69) is 51.2 Å². The fourth-order valence-electron chi connectivity index (χ4n) is 1.99. The predicted octanol–water partition coefficient (Wildman–Crippen LogP) is 3.97. The Bertz CT molecular complexity index is 354. The zero-order valence-electron chi connectivity index (χ0n) is 12.4. The molecule has 0 fully saturated rings. The van der Waals surface area contributed by atoms with Crippen molar-refractivity contribution < 1.29 is 4.74 Å². The molecule has 0 aliphatic heterocycles. The monoisotopic (exact) mass is 249 g/mol. The van der Waals surface area contributed by atoms with E-state index in [0.717, 1.165) is 25.3 Å². The van der Waals surface area contributed by atoms with Crippen molar-refractivity contribution in [3.8, 4) is 5.75 Å². The number of benzene rings is 1. The molecule has 1 rings (SSSR count). The van der Waals surface area contributed by atoms with E-state index in [4.69, 9.17) is 4.74 Å². The molecule has 0 spiro atoms. The Labute approximate surface area is 112 Å². The quantitative estimate of drug-likeness (QED) is 0.823. The molecule has 1 unspecified atom stereocenters. The molecule has 18 heavy (non-hydrogen) atoms. The zero-order valence-corrected chi connectivity index (χ0v) is 12.4. The minimum absolute atomic E-state index is 0.194. The molecule has 0 amide bonds. The van der Waals surface area contributed by atoms with Crippen molar-refractivity contribution in [3.63, 3.8) is 0 Å². The van der Waals surface area contributed by atoms with Crippen LogP contribution in [0.5, 0.6) is 5.75 Å². The normalized spacial score (nSPS) is 13.4. The number of hydrogen-bond acceptors (Lipinski definition) is 2. The molecule has 0 heterocycles. The number of para-hydroxylation sites is 1. The largest absolute Gasteiger partial charge is 0.494 e. The highest BCUT2D eigenvalue weighted by Gasteiger charge is 2.13. The lowest BCUT2D eigenvalue weighted by atomic mass is 9.96. The minimum atomic E-state index is 0.194. The van der Waals surface area contributed by atoms with Gasteiger partial charge < -0.3 is 10.1 Å². The Hall–Kier alpha value is -1.02. The fourth-order valence-corrected chi connectivity index (χ4v) is 1.99. The summed E-state index contributed by atoms with van der Waals surface area (Å²) < 4.78 is 5.68. The van der Waals surface area contributed by atoms with Crippen LogP contribution in [0.25, 0.3) is 0 Å². The molecule has 0 aliphatic rings. The van der Waals surface area contributed by atoms with Gasteiger partial charge in [-0.05, 0) is 58.2 Å². The van der Waals surface area contributed by atoms with Gasteiger partial charge in [0, 0.05) is 5.54 Å². The number of hydrogen-bond donors (Lipinski definition) is 1. The number of rotatable bonds is 6. The van der Waals surface area contributed by atoms with Gasteiger partial charge in [0.25, 0.3) is 0 Å². The van der Waals surface area contributed by atoms with Gasteiger partial charge in [-0.25, -0.2) is 0 Å². The maximum atomic E-state index is 5.68. The summed E-state index contributed by atoms with van der Waals surface area (Å²) >= 11 is 0. The van der Waals surface area contributed by atoms with E-state index in [0.29, 0.717) is 5.92 Å². The second-order valence-corrected chi connectivity index (χ2v) is 5.84. The first-order valence-electron chi connectivity index (χ1n) is 6.91. The lowest BCUT2D eigenvalue weighted by Gasteiger charge is -2.22. The van der Waals surface area contributed by atoms with Gasteiger partial charge in [-0.15, -0.1) is 0 Å². The molecule has 102 valence electrons. The van der Waals surface area contributed by atoms with Crippen molar-refractivity contribution in [2.75, 3.05) is 13.2 Å². The van der Waals surface area contributed by atoms with Crippen LogP contribution in [-0.2, 0) is 0 Å². The summed E-state index contributed by atoms with van der Waals surface area (Å²) in [5.74, 6) is 1.55. The molecule has 1 atom stereocenters. The molecule has 0 saturated heterocycles. The highest BCUT2D eigenvalue weighted by molar-refractivity contribution is 5.35. The van der Waals surface area contributed by atoms with Crippen molar-refractivity contribution in [2.24, 2.45) is 0 Å². The molecule has 0 aromatic heterocycles. The predicted molar refractivity (Wildman–Crippen MR) is 78.4 cm³/mol. The van der Waals surface area contributed by atoms with Crippen LogP contribution in [0.3, 0.4) is 0 Å². The third-order valence-electron chi connectivity index (χ3n) is 2.98. The van der Waals surface area contributed by atoms with Gasteiger partial charge in [-0.2, -0.15) is 0 Å². The van der Waals surface area contributed by atoms with Crippen molar-refractivity contribution >= 4 is 0 Å². The van der Waals surface area contributed by atoms with E-state index in [1.165, 1.54) is 5.56 Å². The zero-order chi connectivity index (χ0) is 13.6. The van der Waals surface area contributed by atoms with Crippen molar-refractivity contribution in [2.45, 2.75) is 52.5 Å². The van der Waals surface area contributed by atoms with Crippen LogP contribution >= 0.6 is 0 Å². The molecule has 2 heteroatoms. The van der Waals surface area contributed by atoms with E-state index in [-0.39, 0.29) is 5.54 Å². The molecule has 1 aromatic rings. The lowest BCUT2D eigenvalue weighted by Crippen LogP contribution is -2.36. The van der Waals surface area contributed by atoms with E-state index in [9.17, 15) is 0 Å². The van der Waals surface area contributed by atoms with E-state index in [1.807, 2.05) is 13.0 Å². The Kier molecular flexibility index (Phi) is 5.67. The van der Waals surface area contributed by atoms with Crippen LogP contribution in [0.2, 0.25) is 0 Å². The Morgan fingerprint density at radius 3 is 2.50 bits per heavy atom. The summed E-state index contributed by atoms with van der Waals surface area (Å²) in [6.07, 6.45) is 1.13. The second-order valence-electron chi connectivity index (χ2n) is 5.84. The molecular weight excluding hydrogens is 222 g/mol. The van der Waals surface area contributed by atoms with E-state index in [1.54, 1.807) is 0 Å². The molecule has 1 N–H and O–H groups in total. The maximum absolute atomic E-state index is 5.68. The van der Waals surface area contributed by atoms with Crippen molar-refractivity contribution in [1.82, 2.24) is 5.32 Å². The standard InChI is InChI=1S/C16H27NO/c1-6-18-15-10-8-7-9-14(15)13(2)11-12-17-16(3,4)5/h7-10,13,17H,6,11-12H2,1-5H3. The highest BCUT2D eigenvalue weighted by atomic mass is 16.5. The molecule has 1 aromatic carbocycles. The van der Waals surface area contributed by atoms with Crippen molar-refractivity contribution in [3.05, 3.63) is 29.8 Å². The summed E-state index contributed by atoms with van der Waals surface area (Å²) in [4.78, 5) is 0. The Morgan fingerprint density at radius 1 is 1.22 bits per heavy atom. The molecule has 0 saturated carbocycles. The first-order chi connectivity index (χ1) is 8.44. The third kappa shape index (κ3) is 5.09. The van der Waals surface area contributed by atoms with Gasteiger partial charge in [0.15, 0.2) is 0 Å². The van der Waals surface area contributed by atoms with Gasteiger partial charge in [0.2, 0.25) is 0 Å². The average molecular weight is 249 g/mol. The van der Waals surface area contributed by atoms with Crippen LogP contribution in [0.4, 0.5) is 0 Å². The summed E-state index contributed by atoms with van der Waals surface area (Å²) in [5.41, 5.74) is 1.51. The topological polar surface area (TPSA) is 21.3 Å². The van der Waals surface area contributed by atoms with Crippen LogP contribution in [0.15, 0.2) is 24.3 Å². The second kappa shape index (κ2) is 6.79. The first kappa shape index (κ1) is 15.0. The number of nitrogens with one attached hydrogen (secondary N) is 1. The summed E-state index contributed by atoms with van der Waals surface area (Å²) in [6, 6.07) is 8.36. The fraction of sp³-hybridized carbons (Fsp3) is 0.625. The molecular formula is C16H27NO. The van der Waals surface area contributed by atoms with E-state index >= 15 is 0 Å². The van der Waals surface area contributed by atoms with Crippen LogP contribution in [-0.4, -0.2) is 18.7 Å². The summed E-state index contributed by atoms with van der Waals surface area (Å²) in [5, 5.41) is 3.53. The Balaban J connectivity index is 2.58. The maximum Gasteiger partial charge on any atom is 0.122 e. The number of ether oxygens (including phenoxy) is 1. The van der Waals surface area contributed by atoms with Crippen LogP contribution in [0.1, 0.15) is 52.5 Å².